The van der Waals surface area contributed by atoms with Crippen LogP contribution < -0.4 is 0 Å². The predicted octanol–water partition coefficient (Wildman–Crippen LogP) is 4.83. The van der Waals surface area contributed by atoms with E-state index in [1.807, 2.05) is 91.0 Å². The van der Waals surface area contributed by atoms with Gasteiger partial charge >= 0.3 is 0 Å². The van der Waals surface area contributed by atoms with Crippen LogP contribution in [0.2, 0.25) is 0 Å². The zero-order valence-electron chi connectivity index (χ0n) is 21.2. The summed E-state index contributed by atoms with van der Waals surface area (Å²) >= 11 is 0. The van der Waals surface area contributed by atoms with Crippen molar-refractivity contribution >= 4 is 0 Å². The van der Waals surface area contributed by atoms with Crippen molar-refractivity contribution < 1.29 is 33.2 Å². The van der Waals surface area contributed by atoms with Gasteiger partial charge in [-0.2, -0.15) is 0 Å². The molecule has 2 aliphatic heterocycles. The maximum atomic E-state index is 6.50. The summed E-state index contributed by atoms with van der Waals surface area (Å²) in [4.78, 5) is 0. The molecule has 37 heavy (non-hydrogen) atoms. The van der Waals surface area contributed by atoms with Crippen LogP contribution in [0.3, 0.4) is 0 Å². The largest absolute Gasteiger partial charge is 0.374 e. The van der Waals surface area contributed by atoms with Gasteiger partial charge < -0.3 is 28.4 Å². The molecule has 0 N–H and O–H groups in total. The summed E-state index contributed by atoms with van der Waals surface area (Å²) in [6, 6.07) is 30.1. The van der Waals surface area contributed by atoms with Crippen LogP contribution in [-0.4, -0.2) is 50.4 Å². The molecule has 0 bridgehead atoms. The number of fused-ring (bicyclic) bond motifs is 1. The Morgan fingerprint density at radius 1 is 0.676 bits per heavy atom. The number of ether oxygens (including phenoxy) is 7. The van der Waals surface area contributed by atoms with E-state index in [0.717, 1.165) is 16.7 Å². The highest BCUT2D eigenvalue weighted by Crippen LogP contribution is 2.39. The Labute approximate surface area is 218 Å². The van der Waals surface area contributed by atoms with Crippen LogP contribution in [0.15, 0.2) is 91.0 Å². The zero-order valence-corrected chi connectivity index (χ0v) is 21.2. The molecule has 7 nitrogen and oxygen atoms in total. The van der Waals surface area contributed by atoms with Gasteiger partial charge in [-0.1, -0.05) is 91.0 Å². The lowest BCUT2D eigenvalue weighted by Gasteiger charge is -2.42. The second kappa shape index (κ2) is 12.3. The average molecular weight is 507 g/mol. The fraction of sp³-hybridized carbons (Fsp3) is 0.400. The minimum atomic E-state index is -1.24. The monoisotopic (exact) mass is 506 g/mol. The molecule has 3 aromatic carbocycles. The lowest BCUT2D eigenvalue weighted by atomic mass is 9.98. The Balaban J connectivity index is 1.36. The SMILES string of the molecule is COC1(C)OC2C(OCc3ccccc3)[C@@H](OCc3ccccc3)C(COCc3ccccc3)O[C@@H]2O1. The second-order valence-electron chi connectivity index (χ2n) is 9.33. The van der Waals surface area contributed by atoms with Gasteiger partial charge in [0.25, 0.3) is 5.97 Å². The van der Waals surface area contributed by atoms with Gasteiger partial charge in [0.15, 0.2) is 6.29 Å². The molecule has 0 radical (unpaired) electrons. The molecule has 4 unspecified atom stereocenters. The number of rotatable bonds is 11. The molecule has 0 aliphatic carbocycles. The molecule has 2 fully saturated rings. The summed E-state index contributed by atoms with van der Waals surface area (Å²) < 4.78 is 43.2. The Bertz CT molecular complexity index is 1080. The van der Waals surface area contributed by atoms with Crippen molar-refractivity contribution in [1.82, 2.24) is 0 Å². The molecular weight excluding hydrogens is 472 g/mol. The summed E-state index contributed by atoms with van der Waals surface area (Å²) in [5.41, 5.74) is 3.19. The molecule has 2 heterocycles. The summed E-state index contributed by atoms with van der Waals surface area (Å²) in [6.07, 6.45) is -2.63. The first-order valence-electron chi connectivity index (χ1n) is 12.6. The normalized spacial score (nSPS) is 29.2. The topological polar surface area (TPSA) is 64.6 Å². The van der Waals surface area contributed by atoms with E-state index < -0.39 is 36.7 Å². The van der Waals surface area contributed by atoms with Gasteiger partial charge in [-0.3, -0.25) is 4.74 Å². The highest BCUT2D eigenvalue weighted by atomic mass is 16.9. The molecule has 6 atom stereocenters. The Morgan fingerprint density at radius 2 is 1.19 bits per heavy atom. The minimum Gasteiger partial charge on any atom is -0.374 e. The van der Waals surface area contributed by atoms with E-state index in [4.69, 9.17) is 33.2 Å². The summed E-state index contributed by atoms with van der Waals surface area (Å²) in [6.45, 7) is 3.28. The fourth-order valence-electron chi connectivity index (χ4n) is 4.61. The van der Waals surface area contributed by atoms with E-state index in [-0.39, 0.29) is 0 Å². The maximum absolute atomic E-state index is 6.50. The van der Waals surface area contributed by atoms with Gasteiger partial charge in [-0.15, -0.1) is 0 Å². The van der Waals surface area contributed by atoms with Crippen molar-refractivity contribution in [3.05, 3.63) is 108 Å². The van der Waals surface area contributed by atoms with E-state index in [1.165, 1.54) is 0 Å². The molecule has 0 aromatic heterocycles. The lowest BCUT2D eigenvalue weighted by Crippen LogP contribution is -2.59. The molecule has 3 aromatic rings. The predicted molar refractivity (Wildman–Crippen MR) is 136 cm³/mol. The molecular formula is C30H34O7. The fourth-order valence-corrected chi connectivity index (χ4v) is 4.61. The quantitative estimate of drug-likeness (QED) is 0.369. The molecule has 196 valence electrons. The third-order valence-electron chi connectivity index (χ3n) is 6.61. The van der Waals surface area contributed by atoms with E-state index >= 15 is 0 Å². The van der Waals surface area contributed by atoms with Gasteiger partial charge in [0.2, 0.25) is 0 Å². The first kappa shape index (κ1) is 26.0. The Kier molecular flexibility index (Phi) is 8.63. The average Bonchev–Trinajstić information content (AvgIpc) is 3.29. The summed E-state index contributed by atoms with van der Waals surface area (Å²) in [5, 5.41) is 0. The van der Waals surface area contributed by atoms with Gasteiger partial charge in [-0.25, -0.2) is 0 Å². The van der Waals surface area contributed by atoms with Gasteiger partial charge in [0.05, 0.1) is 26.4 Å². The van der Waals surface area contributed by atoms with Crippen molar-refractivity contribution in [3.63, 3.8) is 0 Å². The standard InChI is InChI=1S/C30H34O7/c1-30(31-2)36-28-27(34-20-24-16-10-5-11-17-24)26(33-19-23-14-8-4-9-15-23)25(35-29(28)37-30)21-32-18-22-12-6-3-7-13-22/h3-17,25-29H,18-21H2,1-2H3/t25?,26-,27?,28?,29+,30?/m0/s1. The first-order chi connectivity index (χ1) is 18.1. The van der Waals surface area contributed by atoms with Crippen molar-refractivity contribution in [1.29, 1.82) is 0 Å². The van der Waals surface area contributed by atoms with Crippen LogP contribution in [-0.2, 0) is 53.0 Å². The van der Waals surface area contributed by atoms with Crippen LogP contribution in [0.5, 0.6) is 0 Å². The molecule has 2 saturated heterocycles. The third-order valence-corrected chi connectivity index (χ3v) is 6.61. The third kappa shape index (κ3) is 6.64. The van der Waals surface area contributed by atoms with Gasteiger partial charge in [-0.05, 0) is 16.7 Å². The van der Waals surface area contributed by atoms with Crippen LogP contribution in [0.1, 0.15) is 23.6 Å². The Hall–Kier alpha value is -2.62. The van der Waals surface area contributed by atoms with Crippen LogP contribution in [0.4, 0.5) is 0 Å². The van der Waals surface area contributed by atoms with E-state index in [0.29, 0.717) is 26.4 Å². The van der Waals surface area contributed by atoms with Crippen molar-refractivity contribution in [2.75, 3.05) is 13.7 Å². The second-order valence-corrected chi connectivity index (χ2v) is 9.33. The van der Waals surface area contributed by atoms with Gasteiger partial charge in [0.1, 0.15) is 24.4 Å². The molecule has 2 aliphatic rings. The van der Waals surface area contributed by atoms with Crippen molar-refractivity contribution in [2.24, 2.45) is 0 Å². The minimum absolute atomic E-state index is 0.301. The number of hydrogen-bond acceptors (Lipinski definition) is 7. The molecule has 0 amide bonds. The number of hydrogen-bond donors (Lipinski definition) is 0. The highest BCUT2D eigenvalue weighted by molar-refractivity contribution is 5.15. The van der Waals surface area contributed by atoms with Crippen molar-refractivity contribution in [3.8, 4) is 0 Å². The smallest absolute Gasteiger partial charge is 0.282 e. The van der Waals surface area contributed by atoms with Crippen molar-refractivity contribution in [2.45, 2.75) is 63.4 Å². The molecule has 0 spiro atoms. The van der Waals surface area contributed by atoms with Crippen LogP contribution in [0.25, 0.3) is 0 Å². The van der Waals surface area contributed by atoms with Crippen LogP contribution >= 0.6 is 0 Å². The zero-order chi connectivity index (χ0) is 25.5. The van der Waals surface area contributed by atoms with Gasteiger partial charge in [0, 0.05) is 14.0 Å². The Morgan fingerprint density at radius 3 is 1.73 bits per heavy atom. The number of benzene rings is 3. The van der Waals surface area contributed by atoms with Crippen LogP contribution in [0, 0.1) is 0 Å². The van der Waals surface area contributed by atoms with E-state index in [2.05, 4.69) is 0 Å². The van der Waals surface area contributed by atoms with E-state index in [1.54, 1.807) is 14.0 Å². The molecule has 5 rings (SSSR count). The molecule has 7 heteroatoms. The summed E-state index contributed by atoms with van der Waals surface area (Å²) in [5.74, 6) is -1.24. The highest BCUT2D eigenvalue weighted by Gasteiger charge is 2.57. The molecule has 0 saturated carbocycles. The first-order valence-corrected chi connectivity index (χ1v) is 12.6. The maximum Gasteiger partial charge on any atom is 0.282 e. The number of methoxy groups -OCH3 is 1. The van der Waals surface area contributed by atoms with E-state index in [9.17, 15) is 0 Å². The lowest BCUT2D eigenvalue weighted by molar-refractivity contribution is -0.334. The summed E-state index contributed by atoms with van der Waals surface area (Å²) in [7, 11) is 1.54.